The highest BCUT2D eigenvalue weighted by molar-refractivity contribution is 7.90. The number of carbonyl (C=O) groups excluding carboxylic acids is 1. The average Bonchev–Trinajstić information content (AvgIpc) is 3.06. The number of anilines is 1. The van der Waals surface area contributed by atoms with Crippen molar-refractivity contribution in [1.82, 2.24) is 4.90 Å². The standard InChI is InChI=1S/C20H19F2N3O3S/c1-25-13-3-6-19(25)24-29(27,28)15-9-7-14(8-10-15)23-20(26)12-11-16-17(21)4-2-5-18(16)22/h2,4-5,7-12H,3,6,13H2,1H3,(H,23,26). The summed E-state index contributed by atoms with van der Waals surface area (Å²) in [6, 6.07) is 8.92. The van der Waals surface area contributed by atoms with Gasteiger partial charge < -0.3 is 10.2 Å². The van der Waals surface area contributed by atoms with Gasteiger partial charge in [0.2, 0.25) is 5.91 Å². The molecule has 0 aliphatic carbocycles. The molecule has 1 fully saturated rings. The number of sulfonamides is 1. The number of halogens is 2. The van der Waals surface area contributed by atoms with Crippen molar-refractivity contribution in [3.63, 3.8) is 0 Å². The van der Waals surface area contributed by atoms with Crippen LogP contribution in [0.5, 0.6) is 0 Å². The number of carbonyl (C=O) groups is 1. The Morgan fingerprint density at radius 3 is 2.38 bits per heavy atom. The Morgan fingerprint density at radius 1 is 1.14 bits per heavy atom. The van der Waals surface area contributed by atoms with Crippen molar-refractivity contribution in [3.8, 4) is 0 Å². The second-order valence-electron chi connectivity index (χ2n) is 6.49. The summed E-state index contributed by atoms with van der Waals surface area (Å²) >= 11 is 0. The summed E-state index contributed by atoms with van der Waals surface area (Å²) in [6.07, 6.45) is 3.50. The third-order valence-electron chi connectivity index (χ3n) is 4.38. The summed E-state index contributed by atoms with van der Waals surface area (Å²) in [6.45, 7) is 0.767. The van der Waals surface area contributed by atoms with Crippen LogP contribution in [0.1, 0.15) is 18.4 Å². The zero-order valence-electron chi connectivity index (χ0n) is 15.6. The van der Waals surface area contributed by atoms with Gasteiger partial charge in [0, 0.05) is 37.3 Å². The quantitative estimate of drug-likeness (QED) is 0.753. The molecule has 6 nitrogen and oxygen atoms in total. The van der Waals surface area contributed by atoms with Crippen molar-refractivity contribution in [2.24, 2.45) is 4.40 Å². The molecular weight excluding hydrogens is 400 g/mol. The topological polar surface area (TPSA) is 78.8 Å². The van der Waals surface area contributed by atoms with Crippen molar-refractivity contribution in [3.05, 3.63) is 65.7 Å². The first-order valence-corrected chi connectivity index (χ1v) is 10.3. The van der Waals surface area contributed by atoms with Gasteiger partial charge in [-0.05, 0) is 48.9 Å². The van der Waals surface area contributed by atoms with E-state index in [1.165, 1.54) is 30.3 Å². The molecule has 1 heterocycles. The van der Waals surface area contributed by atoms with Gasteiger partial charge in [-0.25, -0.2) is 8.78 Å². The lowest BCUT2D eigenvalue weighted by atomic mass is 10.2. The number of benzene rings is 2. The molecule has 2 aromatic carbocycles. The number of nitrogens with one attached hydrogen (secondary N) is 1. The molecule has 152 valence electrons. The number of hydrogen-bond donors (Lipinski definition) is 1. The number of nitrogens with zero attached hydrogens (tertiary/aromatic N) is 2. The Labute approximate surface area is 167 Å². The Hall–Kier alpha value is -3.07. The van der Waals surface area contributed by atoms with Gasteiger partial charge in [0.1, 0.15) is 17.5 Å². The largest absolute Gasteiger partial charge is 0.362 e. The van der Waals surface area contributed by atoms with Crippen molar-refractivity contribution >= 4 is 33.5 Å². The van der Waals surface area contributed by atoms with E-state index in [1.54, 1.807) is 11.9 Å². The van der Waals surface area contributed by atoms with Crippen LogP contribution in [0, 0.1) is 11.6 Å². The predicted molar refractivity (Wildman–Crippen MR) is 107 cm³/mol. The summed E-state index contributed by atoms with van der Waals surface area (Å²) in [5.74, 6) is -1.65. The molecule has 1 saturated heterocycles. The van der Waals surface area contributed by atoms with Crippen molar-refractivity contribution in [2.75, 3.05) is 18.9 Å². The van der Waals surface area contributed by atoms with Crippen LogP contribution in [0.25, 0.3) is 6.08 Å². The minimum absolute atomic E-state index is 0.00673. The van der Waals surface area contributed by atoms with Crippen LogP contribution in [0.15, 0.2) is 57.8 Å². The smallest absolute Gasteiger partial charge is 0.283 e. The Bertz CT molecular complexity index is 1060. The van der Waals surface area contributed by atoms with Crippen LogP contribution >= 0.6 is 0 Å². The molecule has 0 bridgehead atoms. The van der Waals surface area contributed by atoms with E-state index in [9.17, 15) is 22.0 Å². The number of amides is 1. The van der Waals surface area contributed by atoms with Crippen molar-refractivity contribution in [1.29, 1.82) is 0 Å². The van der Waals surface area contributed by atoms with Crippen LogP contribution in [0.4, 0.5) is 14.5 Å². The molecule has 9 heteroatoms. The van der Waals surface area contributed by atoms with Crippen LogP contribution in [0.3, 0.4) is 0 Å². The third-order valence-corrected chi connectivity index (χ3v) is 5.70. The molecule has 0 aromatic heterocycles. The van der Waals surface area contributed by atoms with E-state index in [4.69, 9.17) is 0 Å². The molecule has 1 N–H and O–H groups in total. The fourth-order valence-electron chi connectivity index (χ4n) is 2.82. The Kier molecular flexibility index (Phi) is 6.07. The first-order chi connectivity index (χ1) is 13.8. The lowest BCUT2D eigenvalue weighted by Gasteiger charge is -2.11. The van der Waals surface area contributed by atoms with Crippen molar-refractivity contribution < 1.29 is 22.0 Å². The molecule has 0 spiro atoms. The zero-order valence-corrected chi connectivity index (χ0v) is 16.4. The predicted octanol–water partition coefficient (Wildman–Crippen LogP) is 3.43. The Morgan fingerprint density at radius 2 is 1.79 bits per heavy atom. The minimum atomic E-state index is -3.84. The van der Waals surface area contributed by atoms with Gasteiger partial charge in [0.05, 0.1) is 4.90 Å². The summed E-state index contributed by atoms with van der Waals surface area (Å²) in [5, 5.41) is 2.50. The van der Waals surface area contributed by atoms with Gasteiger partial charge in [-0.15, -0.1) is 4.40 Å². The maximum atomic E-state index is 13.6. The summed E-state index contributed by atoms with van der Waals surface area (Å²) in [4.78, 5) is 13.8. The van der Waals surface area contributed by atoms with E-state index in [2.05, 4.69) is 9.71 Å². The van der Waals surface area contributed by atoms with Crippen LogP contribution in [-0.4, -0.2) is 38.7 Å². The summed E-state index contributed by atoms with van der Waals surface area (Å²) in [5.41, 5.74) is 0.0123. The number of rotatable bonds is 5. The molecule has 0 saturated carbocycles. The summed E-state index contributed by atoms with van der Waals surface area (Å²) in [7, 11) is -2.05. The van der Waals surface area contributed by atoms with Gasteiger partial charge in [-0.1, -0.05) is 6.07 Å². The maximum Gasteiger partial charge on any atom is 0.283 e. The molecular formula is C20H19F2N3O3S. The van der Waals surface area contributed by atoms with Gasteiger partial charge in [0.15, 0.2) is 0 Å². The molecule has 0 atom stereocenters. The van der Waals surface area contributed by atoms with Gasteiger partial charge in [0.25, 0.3) is 10.0 Å². The molecule has 2 aromatic rings. The Balaban J connectivity index is 1.69. The second-order valence-corrected chi connectivity index (χ2v) is 8.09. The summed E-state index contributed by atoms with van der Waals surface area (Å²) < 4.78 is 55.8. The van der Waals surface area contributed by atoms with Gasteiger partial charge in [-0.2, -0.15) is 8.42 Å². The van der Waals surface area contributed by atoms with Crippen LogP contribution in [-0.2, 0) is 14.8 Å². The molecule has 1 aliphatic heterocycles. The number of hydrogen-bond acceptors (Lipinski definition) is 3. The number of amidine groups is 1. The van der Waals surface area contributed by atoms with Crippen molar-refractivity contribution in [2.45, 2.75) is 17.7 Å². The zero-order chi connectivity index (χ0) is 21.0. The van der Waals surface area contributed by atoms with E-state index in [-0.39, 0.29) is 10.5 Å². The molecule has 3 rings (SSSR count). The first-order valence-electron chi connectivity index (χ1n) is 8.84. The molecule has 0 radical (unpaired) electrons. The van der Waals surface area contributed by atoms with E-state index < -0.39 is 27.6 Å². The van der Waals surface area contributed by atoms with E-state index in [1.807, 2.05) is 0 Å². The van der Waals surface area contributed by atoms with Gasteiger partial charge >= 0.3 is 0 Å². The molecule has 1 aliphatic rings. The van der Waals surface area contributed by atoms with E-state index in [0.29, 0.717) is 17.9 Å². The average molecular weight is 419 g/mol. The number of likely N-dealkylation sites (tertiary alicyclic amines) is 1. The fraction of sp³-hybridized carbons (Fsp3) is 0.200. The second kappa shape index (κ2) is 8.52. The lowest BCUT2D eigenvalue weighted by Crippen LogP contribution is -2.20. The SMILES string of the molecule is CN1CCCC1=NS(=O)(=O)c1ccc(NC(=O)C=Cc2c(F)cccc2F)cc1. The van der Waals surface area contributed by atoms with E-state index >= 15 is 0 Å². The minimum Gasteiger partial charge on any atom is -0.362 e. The molecule has 1 amide bonds. The highest BCUT2D eigenvalue weighted by Crippen LogP contribution is 2.19. The normalized spacial score (nSPS) is 16.0. The highest BCUT2D eigenvalue weighted by atomic mass is 32.2. The highest BCUT2D eigenvalue weighted by Gasteiger charge is 2.20. The fourth-order valence-corrected chi connectivity index (χ4v) is 3.92. The molecule has 0 unspecified atom stereocenters. The molecule has 29 heavy (non-hydrogen) atoms. The third kappa shape index (κ3) is 5.05. The maximum absolute atomic E-state index is 13.6. The lowest BCUT2D eigenvalue weighted by molar-refractivity contribution is -0.111. The van der Waals surface area contributed by atoms with Crippen LogP contribution < -0.4 is 5.32 Å². The first kappa shape index (κ1) is 20.7. The van der Waals surface area contributed by atoms with Gasteiger partial charge in [-0.3, -0.25) is 4.79 Å². The van der Waals surface area contributed by atoms with Crippen LogP contribution in [0.2, 0.25) is 0 Å². The van der Waals surface area contributed by atoms with E-state index in [0.717, 1.165) is 37.3 Å². The monoisotopic (exact) mass is 419 g/mol.